The zero-order valence-electron chi connectivity index (χ0n) is 14.9. The molecule has 1 aromatic carbocycles. The van der Waals surface area contributed by atoms with Gasteiger partial charge in [-0.25, -0.2) is 4.79 Å². The average molecular weight is 488 g/mol. The first-order chi connectivity index (χ1) is 12.9. The van der Waals surface area contributed by atoms with Crippen LogP contribution < -0.4 is 9.47 Å². The van der Waals surface area contributed by atoms with Crippen molar-refractivity contribution in [2.45, 2.75) is 13.8 Å². The summed E-state index contributed by atoms with van der Waals surface area (Å²) in [6.07, 6.45) is 3.11. The van der Waals surface area contributed by atoms with E-state index in [-0.39, 0.29) is 23.7 Å². The fraction of sp³-hybridized carbons (Fsp3) is 0.294. The van der Waals surface area contributed by atoms with Crippen LogP contribution in [0.25, 0.3) is 12.2 Å². The van der Waals surface area contributed by atoms with Crippen LogP contribution in [-0.4, -0.2) is 36.4 Å². The van der Waals surface area contributed by atoms with E-state index < -0.39 is 10.9 Å². The summed E-state index contributed by atoms with van der Waals surface area (Å²) in [6, 6.07) is 3.48. The van der Waals surface area contributed by atoms with Gasteiger partial charge in [0, 0.05) is 0 Å². The topological polar surface area (TPSA) is 114 Å². The Bertz CT molecular complexity index is 876. The smallest absolute Gasteiger partial charge is 0.343 e. The zero-order chi connectivity index (χ0) is 20.0. The number of nitro groups is 1. The Hall–Kier alpha value is -2.63. The van der Waals surface area contributed by atoms with Crippen molar-refractivity contribution in [3.8, 4) is 11.5 Å². The molecule has 0 bridgehead atoms. The molecule has 10 heteroatoms. The van der Waals surface area contributed by atoms with Crippen molar-refractivity contribution in [1.29, 1.82) is 0 Å². The number of carbonyl (C=O) groups is 1. The highest BCUT2D eigenvalue weighted by molar-refractivity contribution is 14.1. The van der Waals surface area contributed by atoms with Gasteiger partial charge in [0.1, 0.15) is 0 Å². The molecule has 0 atom stereocenters. The van der Waals surface area contributed by atoms with Gasteiger partial charge in [0.15, 0.2) is 23.8 Å². The molecule has 9 nitrogen and oxygen atoms in total. The summed E-state index contributed by atoms with van der Waals surface area (Å²) in [5.41, 5.74) is 0.733. The Balaban J connectivity index is 2.33. The summed E-state index contributed by atoms with van der Waals surface area (Å²) in [5, 5.41) is 14.7. The maximum absolute atomic E-state index is 11.3. The molecule has 0 radical (unpaired) electrons. The Morgan fingerprint density at radius 1 is 1.37 bits per heavy atom. The van der Waals surface area contributed by atoms with Crippen molar-refractivity contribution in [1.82, 2.24) is 5.16 Å². The van der Waals surface area contributed by atoms with Crippen LogP contribution in [0.5, 0.6) is 11.5 Å². The number of hydrogen-bond acceptors (Lipinski definition) is 8. The monoisotopic (exact) mass is 488 g/mol. The first-order valence-corrected chi connectivity index (χ1v) is 8.89. The fourth-order valence-corrected chi connectivity index (χ4v) is 2.94. The van der Waals surface area contributed by atoms with E-state index in [0.29, 0.717) is 27.2 Å². The van der Waals surface area contributed by atoms with E-state index >= 15 is 0 Å². The van der Waals surface area contributed by atoms with Gasteiger partial charge >= 0.3 is 11.7 Å². The van der Waals surface area contributed by atoms with E-state index in [1.807, 2.05) is 6.92 Å². The van der Waals surface area contributed by atoms with Crippen molar-refractivity contribution in [3.63, 3.8) is 0 Å². The first-order valence-electron chi connectivity index (χ1n) is 7.82. The molecule has 0 unspecified atom stereocenters. The second kappa shape index (κ2) is 9.35. The molecule has 0 N–H and O–H groups in total. The number of carbonyl (C=O) groups excluding carboxylic acids is 1. The highest BCUT2D eigenvalue weighted by atomic mass is 127. The third-order valence-electron chi connectivity index (χ3n) is 3.36. The molecule has 0 amide bonds. The van der Waals surface area contributed by atoms with Crippen molar-refractivity contribution in [3.05, 3.63) is 42.8 Å². The third kappa shape index (κ3) is 5.18. The fourth-order valence-electron chi connectivity index (χ4n) is 2.16. The average Bonchev–Trinajstić information content (AvgIpc) is 3.00. The lowest BCUT2D eigenvalue weighted by atomic mass is 10.1. The molecular weight excluding hydrogens is 471 g/mol. The Morgan fingerprint density at radius 3 is 2.74 bits per heavy atom. The van der Waals surface area contributed by atoms with E-state index in [1.165, 1.54) is 20.1 Å². The van der Waals surface area contributed by atoms with Crippen molar-refractivity contribution >= 4 is 46.4 Å². The van der Waals surface area contributed by atoms with E-state index in [1.54, 1.807) is 18.2 Å². The van der Waals surface area contributed by atoms with Crippen LogP contribution >= 0.6 is 22.6 Å². The Kier molecular flexibility index (Phi) is 7.16. The minimum absolute atomic E-state index is 0.0523. The molecule has 0 spiro atoms. The molecule has 2 rings (SSSR count). The molecule has 0 fully saturated rings. The van der Waals surface area contributed by atoms with Crippen LogP contribution in [0.1, 0.15) is 23.9 Å². The van der Waals surface area contributed by atoms with Crippen molar-refractivity contribution in [2.24, 2.45) is 0 Å². The highest BCUT2D eigenvalue weighted by Gasteiger charge is 2.22. The molecule has 144 valence electrons. The number of aromatic nitrogens is 1. The standard InChI is InChI=1S/C17H17IN2O7/c1-4-25-14-8-11(7-12(18)17(14)26-9-15(21)24-3)5-6-13-16(20(22)23)10(2)19-27-13/h5-8H,4,9H2,1-3H3. The number of halogens is 1. The third-order valence-corrected chi connectivity index (χ3v) is 4.16. The summed E-state index contributed by atoms with van der Waals surface area (Å²) in [6.45, 7) is 3.47. The Morgan fingerprint density at radius 2 is 2.11 bits per heavy atom. The van der Waals surface area contributed by atoms with Crippen LogP contribution in [0.4, 0.5) is 5.69 Å². The first kappa shape index (κ1) is 20.7. The van der Waals surface area contributed by atoms with Gasteiger partial charge in [-0.1, -0.05) is 11.2 Å². The van der Waals surface area contributed by atoms with E-state index in [0.717, 1.165) is 0 Å². The summed E-state index contributed by atoms with van der Waals surface area (Å²) in [4.78, 5) is 21.9. The second-order valence-electron chi connectivity index (χ2n) is 5.20. The predicted molar refractivity (Wildman–Crippen MR) is 105 cm³/mol. The zero-order valence-corrected chi connectivity index (χ0v) is 17.0. The summed E-state index contributed by atoms with van der Waals surface area (Å²) < 4.78 is 21.3. The molecule has 2 aromatic rings. The number of nitrogens with zero attached hydrogens (tertiary/aromatic N) is 2. The summed E-state index contributed by atoms with van der Waals surface area (Å²) in [5.74, 6) is 0.402. The molecule has 0 saturated heterocycles. The lowest BCUT2D eigenvalue weighted by Gasteiger charge is -2.14. The number of aryl methyl sites for hydroxylation is 1. The highest BCUT2D eigenvalue weighted by Crippen LogP contribution is 2.35. The maximum atomic E-state index is 11.3. The molecule has 1 aromatic heterocycles. The van der Waals surface area contributed by atoms with Gasteiger partial charge in [0.2, 0.25) is 5.76 Å². The SMILES string of the molecule is CCOc1cc(C=Cc2onc(C)c2[N+](=O)[O-])cc(I)c1OCC(=O)OC. The molecule has 0 saturated carbocycles. The van der Waals surface area contributed by atoms with Gasteiger partial charge in [-0.3, -0.25) is 10.1 Å². The Labute approximate surface area is 168 Å². The number of methoxy groups -OCH3 is 1. The molecule has 27 heavy (non-hydrogen) atoms. The predicted octanol–water partition coefficient (Wildman–Crippen LogP) is 3.62. The van der Waals surface area contributed by atoms with Gasteiger partial charge < -0.3 is 18.7 Å². The van der Waals surface area contributed by atoms with Gasteiger partial charge in [-0.2, -0.15) is 0 Å². The summed E-state index contributed by atoms with van der Waals surface area (Å²) in [7, 11) is 1.28. The van der Waals surface area contributed by atoms with E-state index in [9.17, 15) is 14.9 Å². The van der Waals surface area contributed by atoms with Gasteiger partial charge in [-0.15, -0.1) is 0 Å². The number of rotatable bonds is 8. The lowest BCUT2D eigenvalue weighted by Crippen LogP contribution is -2.14. The van der Waals surface area contributed by atoms with Crippen LogP contribution in [0, 0.1) is 20.6 Å². The molecule has 1 heterocycles. The molecule has 0 aliphatic carbocycles. The summed E-state index contributed by atoms with van der Waals surface area (Å²) >= 11 is 2.05. The van der Waals surface area contributed by atoms with Crippen molar-refractivity contribution < 1.29 is 28.5 Å². The number of esters is 1. The normalized spacial score (nSPS) is 10.8. The van der Waals surface area contributed by atoms with E-state index in [4.69, 9.17) is 14.0 Å². The van der Waals surface area contributed by atoms with Crippen LogP contribution in [0.15, 0.2) is 16.7 Å². The van der Waals surface area contributed by atoms with Crippen LogP contribution in [-0.2, 0) is 9.53 Å². The number of ether oxygens (including phenoxy) is 3. The second-order valence-corrected chi connectivity index (χ2v) is 6.36. The molecular formula is C17H17IN2O7. The van der Waals surface area contributed by atoms with Gasteiger partial charge in [0.05, 0.1) is 22.2 Å². The maximum Gasteiger partial charge on any atom is 0.343 e. The number of benzene rings is 1. The molecule has 0 aliphatic heterocycles. The largest absolute Gasteiger partial charge is 0.490 e. The quantitative estimate of drug-likeness (QED) is 0.240. The number of hydrogen-bond donors (Lipinski definition) is 0. The van der Waals surface area contributed by atoms with Crippen LogP contribution in [0.2, 0.25) is 0 Å². The minimum atomic E-state index is -0.537. The lowest BCUT2D eigenvalue weighted by molar-refractivity contribution is -0.386. The van der Waals surface area contributed by atoms with E-state index in [2.05, 4.69) is 32.5 Å². The van der Waals surface area contributed by atoms with Crippen LogP contribution in [0.3, 0.4) is 0 Å². The molecule has 0 aliphatic rings. The van der Waals surface area contributed by atoms with Crippen molar-refractivity contribution in [2.75, 3.05) is 20.3 Å². The van der Waals surface area contributed by atoms with Gasteiger partial charge in [0.25, 0.3) is 0 Å². The minimum Gasteiger partial charge on any atom is -0.490 e. The van der Waals surface area contributed by atoms with Gasteiger partial charge in [-0.05, 0) is 60.2 Å².